The smallest absolute Gasteiger partial charge is 0.460 e. The van der Waals surface area contributed by atoms with E-state index in [0.717, 1.165) is 77.0 Å². The molecule has 708 valence electrons. The molecule has 0 radical (unpaired) electrons. The van der Waals surface area contributed by atoms with Crippen molar-refractivity contribution < 1.29 is 55.6 Å². The zero-order valence-corrected chi connectivity index (χ0v) is 82.8. The zero-order valence-electron chi connectivity index (χ0n) is 80.1. The van der Waals surface area contributed by atoms with Gasteiger partial charge in [-0.25, -0.2) is 0 Å². The molecule has 0 unspecified atom stereocenters. The molecule has 1 heterocycles. The molecule has 0 atom stereocenters. The number of rotatable bonds is 84. The molecule has 7 rings (SSSR count). The van der Waals surface area contributed by atoms with E-state index in [-0.39, 0.29) is 0 Å². The van der Waals surface area contributed by atoms with Crippen LogP contribution in [0.15, 0.2) is 159 Å². The van der Waals surface area contributed by atoms with Crippen LogP contribution in [0.3, 0.4) is 0 Å². The predicted molar refractivity (Wildman–Crippen MR) is 534 cm³/mol. The third-order valence-corrected chi connectivity index (χ3v) is 31.7. The molecule has 6 aromatic rings. The van der Waals surface area contributed by atoms with Gasteiger partial charge in [0.15, 0.2) is 0 Å². The van der Waals surface area contributed by atoms with Gasteiger partial charge in [0.1, 0.15) is 69.0 Å². The van der Waals surface area contributed by atoms with Crippen LogP contribution in [0.2, 0.25) is 0 Å². The van der Waals surface area contributed by atoms with Gasteiger partial charge in [0, 0.05) is 0 Å². The molecule has 6 aromatic carbocycles. The van der Waals surface area contributed by atoms with Crippen LogP contribution in [0, 0.1) is 0 Å². The number of benzene rings is 6. The normalized spacial score (nSPS) is 13.1. The Balaban J connectivity index is 1.31. The first-order valence-corrected chi connectivity index (χ1v) is 56.2. The molecule has 0 saturated heterocycles. The van der Waals surface area contributed by atoms with Crippen molar-refractivity contribution >= 4 is 23.0 Å². The van der Waals surface area contributed by atoms with Gasteiger partial charge in [0.2, 0.25) is 0 Å². The van der Waals surface area contributed by atoms with Crippen LogP contribution in [0.4, 0.5) is 0 Å². The number of unbranched alkanes of at least 4 members (excludes halogenated alkanes) is 54. The van der Waals surface area contributed by atoms with Gasteiger partial charge in [0.05, 0.1) is 39.6 Å². The SMILES string of the molecule is CCCCCCCCCCCCOc1ccc(OP2(Oc3ccc(OCCCCCCCCCCCC)cc3)=NP(Oc3ccc(OCCCCCCCCCCCC)cc3)(Oc3ccc(OCCCCCCCCCCCC)cc3)=NP(Oc3ccc(OCCCCCCCCCCCC)cc3)(Oc3ccc(OCCCCCCCCCCCC)cc3)=N2)cc1. The van der Waals surface area contributed by atoms with Gasteiger partial charge >= 0.3 is 23.0 Å². The molecular formula is C108H174N3O12P3. The van der Waals surface area contributed by atoms with Crippen molar-refractivity contribution in [2.75, 3.05) is 39.6 Å². The molecule has 0 fully saturated rings. The fraction of sp³-hybridized carbons (Fsp3) is 0.667. The molecule has 18 heteroatoms. The number of nitrogens with zero attached hydrogens (tertiary/aromatic N) is 3. The molecule has 0 spiro atoms. The second-order valence-corrected chi connectivity index (χ2v) is 41.5. The maximum atomic E-state index is 7.51. The summed E-state index contributed by atoms with van der Waals surface area (Å²) in [5, 5.41) is 0. The third kappa shape index (κ3) is 49.6. The lowest BCUT2D eigenvalue weighted by molar-refractivity contribution is 0.303. The highest BCUT2D eigenvalue weighted by Crippen LogP contribution is 2.79. The average molecular weight is 1800 g/mol. The van der Waals surface area contributed by atoms with Gasteiger partial charge in [-0.1, -0.05) is 402 Å². The van der Waals surface area contributed by atoms with Crippen LogP contribution in [0.25, 0.3) is 0 Å². The van der Waals surface area contributed by atoms with Gasteiger partial charge < -0.3 is 55.6 Å². The van der Waals surface area contributed by atoms with E-state index in [1.807, 2.05) is 146 Å². The van der Waals surface area contributed by atoms with Crippen LogP contribution >= 0.6 is 23.0 Å². The van der Waals surface area contributed by atoms with Crippen LogP contribution in [-0.4, -0.2) is 39.6 Å². The molecule has 126 heavy (non-hydrogen) atoms. The largest absolute Gasteiger partial charge is 0.494 e. The first-order valence-electron chi connectivity index (χ1n) is 51.6. The van der Waals surface area contributed by atoms with Crippen molar-refractivity contribution in [2.24, 2.45) is 13.5 Å². The first kappa shape index (κ1) is 107. The molecular weight excluding hydrogens is 1620 g/mol. The van der Waals surface area contributed by atoms with Crippen LogP contribution in [0.5, 0.6) is 69.0 Å². The van der Waals surface area contributed by atoms with Crippen molar-refractivity contribution in [3.63, 3.8) is 0 Å². The minimum absolute atomic E-state index is 0.400. The van der Waals surface area contributed by atoms with Gasteiger partial charge in [0.25, 0.3) is 0 Å². The summed E-state index contributed by atoms with van der Waals surface area (Å²) in [6, 6.07) is 45.8. The van der Waals surface area contributed by atoms with E-state index in [0.29, 0.717) is 109 Å². The first-order chi connectivity index (χ1) is 62.2. The summed E-state index contributed by atoms with van der Waals surface area (Å²) >= 11 is 0. The summed E-state index contributed by atoms with van der Waals surface area (Å²) in [6.45, 7) is 17.3. The fourth-order valence-corrected chi connectivity index (χ4v) is 24.9. The Morgan fingerprint density at radius 2 is 0.230 bits per heavy atom. The third-order valence-electron chi connectivity index (χ3n) is 23.6. The molecule has 0 aromatic heterocycles. The highest BCUT2D eigenvalue weighted by molar-refractivity contribution is 7.79. The quantitative estimate of drug-likeness (QED) is 0.0264. The van der Waals surface area contributed by atoms with Gasteiger partial charge in [-0.2, -0.15) is 0 Å². The molecule has 1 aliphatic heterocycles. The molecule has 0 aliphatic carbocycles. The average Bonchev–Trinajstić information content (AvgIpc) is 0.729. The second-order valence-electron chi connectivity index (χ2n) is 35.3. The van der Waals surface area contributed by atoms with E-state index in [1.165, 1.54) is 308 Å². The summed E-state index contributed by atoms with van der Waals surface area (Å²) < 4.78 is 101. The van der Waals surface area contributed by atoms with Gasteiger partial charge in [-0.15, -0.1) is 0 Å². The Bertz CT molecular complexity index is 3120. The fourth-order valence-electron chi connectivity index (χ4n) is 15.8. The molecule has 0 saturated carbocycles. The molecule has 1 aliphatic rings. The highest BCUT2D eigenvalue weighted by Gasteiger charge is 2.49. The highest BCUT2D eigenvalue weighted by atomic mass is 31.3. The van der Waals surface area contributed by atoms with Crippen molar-refractivity contribution in [2.45, 2.75) is 427 Å². The minimum atomic E-state index is -4.36. The number of hydrogen-bond acceptors (Lipinski definition) is 15. The lowest BCUT2D eigenvalue weighted by Gasteiger charge is -2.33. The predicted octanol–water partition coefficient (Wildman–Crippen LogP) is 38.1. The van der Waals surface area contributed by atoms with Gasteiger partial charge in [-0.05, 0) is 184 Å². The van der Waals surface area contributed by atoms with E-state index < -0.39 is 23.0 Å². The van der Waals surface area contributed by atoms with Gasteiger partial charge in [-0.3, -0.25) is 0 Å². The second kappa shape index (κ2) is 70.4. The minimum Gasteiger partial charge on any atom is -0.494 e. The van der Waals surface area contributed by atoms with E-state index in [2.05, 4.69) is 41.5 Å². The Labute approximate surface area is 768 Å². The van der Waals surface area contributed by atoms with E-state index in [4.69, 9.17) is 69.1 Å². The number of ether oxygens (including phenoxy) is 6. The molecule has 0 amide bonds. The van der Waals surface area contributed by atoms with Crippen LogP contribution in [-0.2, 0) is 0 Å². The van der Waals surface area contributed by atoms with Crippen LogP contribution < -0.4 is 55.6 Å². The van der Waals surface area contributed by atoms with E-state index in [1.54, 1.807) is 0 Å². The summed E-state index contributed by atoms with van der Waals surface area (Å²) in [5.74, 6) is 6.70. The number of hydrogen-bond donors (Lipinski definition) is 0. The zero-order chi connectivity index (χ0) is 88.7. The van der Waals surface area contributed by atoms with E-state index >= 15 is 0 Å². The summed E-state index contributed by atoms with van der Waals surface area (Å²) in [4.78, 5) is 0. The topological polar surface area (TPSA) is 148 Å². The van der Waals surface area contributed by atoms with Crippen molar-refractivity contribution in [1.82, 2.24) is 0 Å². The maximum absolute atomic E-state index is 7.51. The Hall–Kier alpha value is -6.39. The lowest BCUT2D eigenvalue weighted by atomic mass is 10.1. The summed E-state index contributed by atoms with van der Waals surface area (Å²) in [7, 11) is -13.1. The van der Waals surface area contributed by atoms with Crippen molar-refractivity contribution in [3.8, 4) is 69.0 Å². The lowest BCUT2D eigenvalue weighted by Crippen LogP contribution is -2.11. The van der Waals surface area contributed by atoms with Crippen LogP contribution in [0.1, 0.15) is 427 Å². The summed E-state index contributed by atoms with van der Waals surface area (Å²) in [5.41, 5.74) is 0. The standard InChI is InChI=1S/C108H174N3O12P3/c1-7-13-19-25-31-37-43-49-55-61-91-112-97-67-79-103(80-68-97)118-124(119-104-81-69-98(70-82-104)113-92-62-56-50-44-38-32-26-20-14-8-2)109-125(120-105-83-71-99(72-84-105)114-93-63-57-51-45-39-33-27-21-15-9-3,121-106-85-73-100(74-86-106)115-94-64-58-52-46-40-34-28-22-16-10-4)111-126(110-124,122-107-87-75-101(76-88-107)116-95-65-59-53-47-41-35-29-23-17-11-5)123-108-89-77-102(78-90-108)117-96-66-60-54-48-42-36-30-24-18-12-6/h67-90H,7-66,91-96H2,1-6H3. The molecule has 15 nitrogen and oxygen atoms in total. The monoisotopic (exact) mass is 1800 g/mol. The molecule has 0 N–H and O–H groups in total. The van der Waals surface area contributed by atoms with Crippen molar-refractivity contribution in [3.05, 3.63) is 146 Å². The molecule has 0 bridgehead atoms. The summed E-state index contributed by atoms with van der Waals surface area (Å²) in [6.07, 6.45) is 74.7. The Morgan fingerprint density at radius 1 is 0.135 bits per heavy atom. The maximum Gasteiger partial charge on any atom is 0.460 e. The Morgan fingerprint density at radius 3 is 0.341 bits per heavy atom. The van der Waals surface area contributed by atoms with Crippen molar-refractivity contribution in [1.29, 1.82) is 0 Å². The van der Waals surface area contributed by atoms with E-state index in [9.17, 15) is 0 Å². The Kier molecular flexibility index (Phi) is 59.6.